The first kappa shape index (κ1) is 14.3. The molecule has 114 valence electrons. The van der Waals surface area contributed by atoms with Gasteiger partial charge in [-0.15, -0.1) is 0 Å². The molecule has 0 bridgehead atoms. The summed E-state index contributed by atoms with van der Waals surface area (Å²) in [7, 11) is 1.39. The fraction of sp³-hybridized carbons (Fsp3) is 0.625. The van der Waals surface area contributed by atoms with Crippen molar-refractivity contribution in [3.05, 3.63) is 23.4 Å². The summed E-state index contributed by atoms with van der Waals surface area (Å²) in [6, 6.07) is 4.11. The molecule has 2 fully saturated rings. The predicted molar refractivity (Wildman–Crippen MR) is 81.3 cm³/mol. The van der Waals surface area contributed by atoms with Gasteiger partial charge in [0, 0.05) is 19.1 Å². The number of methoxy groups -OCH3 is 1. The zero-order valence-corrected chi connectivity index (χ0v) is 12.7. The number of pyridine rings is 1. The molecule has 21 heavy (non-hydrogen) atoms. The Morgan fingerprint density at radius 2 is 2.10 bits per heavy atom. The van der Waals surface area contributed by atoms with Crippen LogP contribution in [0.4, 0.5) is 5.82 Å². The van der Waals surface area contributed by atoms with E-state index in [0.29, 0.717) is 17.5 Å². The van der Waals surface area contributed by atoms with Crippen LogP contribution < -0.4 is 10.6 Å². The van der Waals surface area contributed by atoms with Crippen LogP contribution in [-0.4, -0.2) is 37.2 Å². The number of hydrogen-bond acceptors (Lipinski definition) is 5. The standard InChI is InChI=1S/C16H23N3O2/c1-10-14(16(20)21-2)5-6-15(18-10)19-8-11-3-4-13(17)7-12(11)9-19/h5-6,11-13H,3-4,7-9,17H2,1-2H3/t11-,12+,13?/m1/s1. The quantitative estimate of drug-likeness (QED) is 0.840. The van der Waals surface area contributed by atoms with Crippen LogP contribution in [0.25, 0.3) is 0 Å². The van der Waals surface area contributed by atoms with Crippen molar-refractivity contribution < 1.29 is 9.53 Å². The minimum Gasteiger partial charge on any atom is -0.465 e. The van der Waals surface area contributed by atoms with E-state index in [0.717, 1.165) is 43.4 Å². The Balaban J connectivity index is 1.76. The van der Waals surface area contributed by atoms with Crippen LogP contribution in [0.15, 0.2) is 12.1 Å². The molecule has 1 aromatic rings. The molecule has 2 N–H and O–H groups in total. The number of nitrogens with two attached hydrogens (primary N) is 1. The molecule has 0 amide bonds. The van der Waals surface area contributed by atoms with E-state index in [1.165, 1.54) is 13.5 Å². The molecule has 2 aliphatic rings. The highest BCUT2D eigenvalue weighted by atomic mass is 16.5. The van der Waals surface area contributed by atoms with Gasteiger partial charge in [-0.05, 0) is 50.2 Å². The van der Waals surface area contributed by atoms with Crippen LogP contribution in [0.3, 0.4) is 0 Å². The van der Waals surface area contributed by atoms with Gasteiger partial charge in [-0.2, -0.15) is 0 Å². The minimum atomic E-state index is -0.326. The Hall–Kier alpha value is -1.62. The van der Waals surface area contributed by atoms with Crippen LogP contribution in [0.2, 0.25) is 0 Å². The van der Waals surface area contributed by atoms with Crippen LogP contribution >= 0.6 is 0 Å². The molecule has 0 spiro atoms. The van der Waals surface area contributed by atoms with Gasteiger partial charge in [0.05, 0.1) is 18.4 Å². The van der Waals surface area contributed by atoms with Gasteiger partial charge >= 0.3 is 5.97 Å². The van der Waals surface area contributed by atoms with Gasteiger partial charge in [-0.1, -0.05) is 0 Å². The van der Waals surface area contributed by atoms with Gasteiger partial charge in [0.25, 0.3) is 0 Å². The van der Waals surface area contributed by atoms with E-state index in [2.05, 4.69) is 9.88 Å². The second-order valence-corrected chi connectivity index (χ2v) is 6.29. The Bertz CT molecular complexity index is 546. The predicted octanol–water partition coefficient (Wildman–Crippen LogP) is 1.74. The number of fused-ring (bicyclic) bond motifs is 1. The third kappa shape index (κ3) is 2.75. The topological polar surface area (TPSA) is 68.5 Å². The van der Waals surface area contributed by atoms with Crippen molar-refractivity contribution in [1.29, 1.82) is 0 Å². The summed E-state index contributed by atoms with van der Waals surface area (Å²) in [5.41, 5.74) is 7.35. The summed E-state index contributed by atoms with van der Waals surface area (Å²) in [6.45, 7) is 3.94. The van der Waals surface area contributed by atoms with Crippen molar-refractivity contribution >= 4 is 11.8 Å². The Morgan fingerprint density at radius 3 is 2.81 bits per heavy atom. The van der Waals surface area contributed by atoms with Gasteiger partial charge in [-0.3, -0.25) is 0 Å². The molecular formula is C16H23N3O2. The van der Waals surface area contributed by atoms with Crippen LogP contribution in [-0.2, 0) is 4.74 Å². The number of carbonyl (C=O) groups is 1. The molecule has 0 aromatic carbocycles. The van der Waals surface area contributed by atoms with E-state index in [1.807, 2.05) is 19.1 Å². The molecule has 1 saturated carbocycles. The monoisotopic (exact) mass is 289 g/mol. The molecule has 1 aliphatic heterocycles. The molecule has 1 aliphatic carbocycles. The number of carbonyl (C=O) groups excluding carboxylic acids is 1. The van der Waals surface area contributed by atoms with Crippen molar-refractivity contribution in [3.63, 3.8) is 0 Å². The first-order chi connectivity index (χ1) is 10.1. The molecule has 5 heteroatoms. The third-order valence-corrected chi connectivity index (χ3v) is 4.89. The molecule has 2 heterocycles. The highest BCUT2D eigenvalue weighted by Crippen LogP contribution is 2.37. The van der Waals surface area contributed by atoms with Crippen molar-refractivity contribution in [3.8, 4) is 0 Å². The lowest BCUT2D eigenvalue weighted by Crippen LogP contribution is -2.32. The molecular weight excluding hydrogens is 266 g/mol. The Kier molecular flexibility index (Phi) is 3.85. The average molecular weight is 289 g/mol. The van der Waals surface area contributed by atoms with Crippen LogP contribution in [0, 0.1) is 18.8 Å². The largest absolute Gasteiger partial charge is 0.465 e. The SMILES string of the molecule is COC(=O)c1ccc(N2C[C@H]3CCC(N)C[C@H]3C2)nc1C. The normalized spacial score (nSPS) is 28.3. The highest BCUT2D eigenvalue weighted by Gasteiger charge is 2.37. The van der Waals surface area contributed by atoms with E-state index in [4.69, 9.17) is 10.5 Å². The summed E-state index contributed by atoms with van der Waals surface area (Å²) in [6.07, 6.45) is 3.49. The van der Waals surface area contributed by atoms with E-state index in [1.54, 1.807) is 0 Å². The van der Waals surface area contributed by atoms with Crippen molar-refractivity contribution in [2.45, 2.75) is 32.2 Å². The molecule has 0 radical (unpaired) electrons. The van der Waals surface area contributed by atoms with E-state index in [9.17, 15) is 4.79 Å². The summed E-state index contributed by atoms with van der Waals surface area (Å²) < 4.78 is 4.76. The molecule has 3 rings (SSSR count). The highest BCUT2D eigenvalue weighted by molar-refractivity contribution is 5.90. The second kappa shape index (κ2) is 5.64. The summed E-state index contributed by atoms with van der Waals surface area (Å²) in [5.74, 6) is 2.07. The summed E-state index contributed by atoms with van der Waals surface area (Å²) >= 11 is 0. The zero-order chi connectivity index (χ0) is 15.0. The lowest BCUT2D eigenvalue weighted by atomic mass is 9.79. The number of esters is 1. The van der Waals surface area contributed by atoms with Gasteiger partial charge in [-0.25, -0.2) is 9.78 Å². The Morgan fingerprint density at radius 1 is 1.33 bits per heavy atom. The first-order valence-corrected chi connectivity index (χ1v) is 7.65. The third-order valence-electron chi connectivity index (χ3n) is 4.89. The number of hydrogen-bond donors (Lipinski definition) is 1. The molecule has 1 aromatic heterocycles. The van der Waals surface area contributed by atoms with Gasteiger partial charge < -0.3 is 15.4 Å². The van der Waals surface area contributed by atoms with Gasteiger partial charge in [0.15, 0.2) is 0 Å². The maximum Gasteiger partial charge on any atom is 0.339 e. The van der Waals surface area contributed by atoms with Gasteiger partial charge in [0.2, 0.25) is 0 Å². The molecule has 1 saturated heterocycles. The lowest BCUT2D eigenvalue weighted by Gasteiger charge is -2.27. The van der Waals surface area contributed by atoms with Crippen LogP contribution in [0.1, 0.15) is 35.3 Å². The maximum atomic E-state index is 11.6. The van der Waals surface area contributed by atoms with E-state index in [-0.39, 0.29) is 5.97 Å². The fourth-order valence-electron chi connectivity index (χ4n) is 3.70. The summed E-state index contributed by atoms with van der Waals surface area (Å²) in [4.78, 5) is 18.5. The van der Waals surface area contributed by atoms with E-state index < -0.39 is 0 Å². The molecule has 1 unspecified atom stereocenters. The fourth-order valence-corrected chi connectivity index (χ4v) is 3.70. The number of aromatic nitrogens is 1. The van der Waals surface area contributed by atoms with Gasteiger partial charge in [0.1, 0.15) is 5.82 Å². The molecule has 5 nitrogen and oxygen atoms in total. The first-order valence-electron chi connectivity index (χ1n) is 7.65. The van der Waals surface area contributed by atoms with E-state index >= 15 is 0 Å². The number of ether oxygens (including phenoxy) is 1. The number of rotatable bonds is 2. The van der Waals surface area contributed by atoms with Crippen molar-refractivity contribution in [1.82, 2.24) is 4.98 Å². The average Bonchev–Trinajstić information content (AvgIpc) is 2.89. The number of nitrogens with zero attached hydrogens (tertiary/aromatic N) is 2. The van der Waals surface area contributed by atoms with Crippen molar-refractivity contribution in [2.24, 2.45) is 17.6 Å². The lowest BCUT2D eigenvalue weighted by molar-refractivity contribution is 0.0599. The Labute approximate surface area is 125 Å². The van der Waals surface area contributed by atoms with Crippen molar-refractivity contribution in [2.75, 3.05) is 25.1 Å². The number of anilines is 1. The maximum absolute atomic E-state index is 11.6. The second-order valence-electron chi connectivity index (χ2n) is 6.29. The minimum absolute atomic E-state index is 0.326. The smallest absolute Gasteiger partial charge is 0.339 e. The summed E-state index contributed by atoms with van der Waals surface area (Å²) in [5, 5.41) is 0. The van der Waals surface area contributed by atoms with Crippen LogP contribution in [0.5, 0.6) is 0 Å². The number of aryl methyl sites for hydroxylation is 1. The zero-order valence-electron chi connectivity index (χ0n) is 12.7. The molecule has 3 atom stereocenters.